The number of hydrogen-bond acceptors (Lipinski definition) is 1. The van der Waals surface area contributed by atoms with E-state index in [-0.39, 0.29) is 0 Å². The first-order chi connectivity index (χ1) is 6.88. The van der Waals surface area contributed by atoms with Crippen LogP contribution in [0.1, 0.15) is 5.56 Å². The Labute approximate surface area is 102 Å². The van der Waals surface area contributed by atoms with E-state index in [4.69, 9.17) is 27.6 Å². The first kappa shape index (κ1) is 13.0. The molecule has 0 atom stereocenters. The summed E-state index contributed by atoms with van der Waals surface area (Å²) in [7, 11) is -1.41. The van der Waals surface area contributed by atoms with Gasteiger partial charge in [-0.3, -0.25) is 0 Å². The Bertz CT molecular complexity index is 334. The second kappa shape index (κ2) is 5.35. The lowest BCUT2D eigenvalue weighted by Crippen LogP contribution is -2.26. The largest absolute Gasteiger partial charge is 0.417 e. The van der Waals surface area contributed by atoms with E-state index in [1.165, 1.54) is 0 Å². The van der Waals surface area contributed by atoms with Crippen LogP contribution in [0.3, 0.4) is 0 Å². The van der Waals surface area contributed by atoms with Crippen LogP contribution in [-0.4, -0.2) is 14.9 Å². The summed E-state index contributed by atoms with van der Waals surface area (Å²) in [6, 6.07) is 5.59. The molecular weight excluding hydrogens is 247 g/mol. The van der Waals surface area contributed by atoms with Crippen LogP contribution in [0, 0.1) is 0 Å². The summed E-state index contributed by atoms with van der Waals surface area (Å²) in [5.74, 6) is 0. The van der Waals surface area contributed by atoms with Crippen molar-refractivity contribution in [3.05, 3.63) is 33.8 Å². The van der Waals surface area contributed by atoms with Gasteiger partial charge in [0, 0.05) is 16.7 Å². The zero-order valence-electron chi connectivity index (χ0n) is 9.31. The van der Waals surface area contributed by atoms with E-state index in [1.54, 1.807) is 6.07 Å². The highest BCUT2D eigenvalue weighted by Gasteiger charge is 2.13. The summed E-state index contributed by atoms with van der Waals surface area (Å²) >= 11 is 11.9. The number of benzene rings is 1. The molecule has 0 fully saturated rings. The quantitative estimate of drug-likeness (QED) is 0.732. The van der Waals surface area contributed by atoms with Gasteiger partial charge in [0.1, 0.15) is 0 Å². The second-order valence-corrected chi connectivity index (χ2v) is 9.80. The van der Waals surface area contributed by atoms with Crippen LogP contribution in [0.2, 0.25) is 29.7 Å². The maximum absolute atomic E-state index is 6.05. The molecular formula is C11H16Cl2OSi. The van der Waals surface area contributed by atoms with Gasteiger partial charge in [0.15, 0.2) is 8.32 Å². The average molecular weight is 263 g/mol. The van der Waals surface area contributed by atoms with Crippen LogP contribution in [0.15, 0.2) is 18.2 Å². The van der Waals surface area contributed by atoms with Crippen molar-refractivity contribution in [3.63, 3.8) is 0 Å². The number of hydrogen-bond donors (Lipinski definition) is 0. The predicted octanol–water partition coefficient (Wildman–Crippen LogP) is 4.39. The Hall–Kier alpha value is -0.0231. The van der Waals surface area contributed by atoms with Gasteiger partial charge < -0.3 is 4.43 Å². The van der Waals surface area contributed by atoms with E-state index in [9.17, 15) is 0 Å². The zero-order chi connectivity index (χ0) is 11.5. The molecule has 15 heavy (non-hydrogen) atoms. The molecule has 0 saturated carbocycles. The van der Waals surface area contributed by atoms with Crippen molar-refractivity contribution in [2.75, 3.05) is 6.61 Å². The first-order valence-electron chi connectivity index (χ1n) is 4.96. The van der Waals surface area contributed by atoms with Gasteiger partial charge in [-0.1, -0.05) is 29.3 Å². The highest BCUT2D eigenvalue weighted by atomic mass is 35.5. The molecule has 0 bridgehead atoms. The molecule has 0 unspecified atom stereocenters. The maximum atomic E-state index is 6.05. The Morgan fingerprint density at radius 3 is 2.40 bits per heavy atom. The highest BCUT2D eigenvalue weighted by molar-refractivity contribution is 6.69. The molecule has 1 aromatic carbocycles. The molecule has 0 amide bonds. The van der Waals surface area contributed by atoms with Gasteiger partial charge in [-0.15, -0.1) is 0 Å². The third-order valence-electron chi connectivity index (χ3n) is 1.92. The molecule has 84 valence electrons. The molecule has 1 rings (SSSR count). The summed E-state index contributed by atoms with van der Waals surface area (Å²) in [5.41, 5.74) is 1.10. The molecule has 4 heteroatoms. The van der Waals surface area contributed by atoms with Crippen LogP contribution < -0.4 is 0 Å². The maximum Gasteiger partial charge on any atom is 0.183 e. The van der Waals surface area contributed by atoms with Gasteiger partial charge in [0.05, 0.1) is 0 Å². The van der Waals surface area contributed by atoms with Crippen LogP contribution in [-0.2, 0) is 10.8 Å². The average Bonchev–Trinajstić information content (AvgIpc) is 2.07. The standard InChI is InChI=1S/C11H16Cl2OSi/c1-15(2,3)14-7-6-9-4-5-10(12)8-11(9)13/h4-5,8H,6-7H2,1-3H3. The molecule has 0 aliphatic heterocycles. The summed E-state index contributed by atoms with van der Waals surface area (Å²) in [6.45, 7) is 7.26. The molecule has 0 N–H and O–H groups in total. The molecule has 0 heterocycles. The van der Waals surface area contributed by atoms with Crippen LogP contribution >= 0.6 is 23.2 Å². The van der Waals surface area contributed by atoms with Gasteiger partial charge in [-0.25, -0.2) is 0 Å². The van der Waals surface area contributed by atoms with Crippen molar-refractivity contribution in [1.82, 2.24) is 0 Å². The fourth-order valence-electron chi connectivity index (χ4n) is 1.19. The van der Waals surface area contributed by atoms with Crippen molar-refractivity contribution in [3.8, 4) is 0 Å². The van der Waals surface area contributed by atoms with E-state index in [0.717, 1.165) is 23.6 Å². The van der Waals surface area contributed by atoms with Crippen LogP contribution in [0.4, 0.5) is 0 Å². The molecule has 0 radical (unpaired) electrons. The zero-order valence-corrected chi connectivity index (χ0v) is 11.8. The minimum atomic E-state index is -1.41. The molecule has 0 saturated heterocycles. The minimum Gasteiger partial charge on any atom is -0.417 e. The lowest BCUT2D eigenvalue weighted by molar-refractivity contribution is 0.316. The van der Waals surface area contributed by atoms with E-state index in [2.05, 4.69) is 19.6 Å². The van der Waals surface area contributed by atoms with Gasteiger partial charge in [-0.05, 0) is 43.8 Å². The SMILES string of the molecule is C[Si](C)(C)OCCc1ccc(Cl)cc1Cl. The van der Waals surface area contributed by atoms with Crippen LogP contribution in [0.5, 0.6) is 0 Å². The van der Waals surface area contributed by atoms with Gasteiger partial charge in [-0.2, -0.15) is 0 Å². The van der Waals surface area contributed by atoms with Gasteiger partial charge >= 0.3 is 0 Å². The fraction of sp³-hybridized carbons (Fsp3) is 0.455. The van der Waals surface area contributed by atoms with E-state index in [0.29, 0.717) is 5.02 Å². The third kappa shape index (κ3) is 5.02. The normalized spacial score (nSPS) is 11.8. The third-order valence-corrected chi connectivity index (χ3v) is 3.58. The lowest BCUT2D eigenvalue weighted by Gasteiger charge is -2.17. The van der Waals surface area contributed by atoms with Crippen molar-refractivity contribution in [1.29, 1.82) is 0 Å². The summed E-state index contributed by atoms with van der Waals surface area (Å²) in [6.07, 6.45) is 0.847. The van der Waals surface area contributed by atoms with E-state index < -0.39 is 8.32 Å². The molecule has 1 nitrogen and oxygen atoms in total. The Balaban J connectivity index is 2.51. The van der Waals surface area contributed by atoms with Crippen molar-refractivity contribution in [2.24, 2.45) is 0 Å². The smallest absolute Gasteiger partial charge is 0.183 e. The summed E-state index contributed by atoms with van der Waals surface area (Å²) < 4.78 is 5.77. The summed E-state index contributed by atoms with van der Waals surface area (Å²) in [4.78, 5) is 0. The molecule has 0 spiro atoms. The van der Waals surface area contributed by atoms with E-state index >= 15 is 0 Å². The van der Waals surface area contributed by atoms with Crippen molar-refractivity contribution in [2.45, 2.75) is 26.1 Å². The molecule has 1 aromatic rings. The number of halogens is 2. The first-order valence-corrected chi connectivity index (χ1v) is 9.13. The molecule has 0 aliphatic rings. The molecule has 0 aromatic heterocycles. The fourth-order valence-corrected chi connectivity index (χ4v) is 2.41. The summed E-state index contributed by atoms with van der Waals surface area (Å²) in [5, 5.41) is 1.40. The molecule has 0 aliphatic carbocycles. The van der Waals surface area contributed by atoms with Crippen LogP contribution in [0.25, 0.3) is 0 Å². The monoisotopic (exact) mass is 262 g/mol. The predicted molar refractivity (Wildman–Crippen MR) is 69.5 cm³/mol. The van der Waals surface area contributed by atoms with Gasteiger partial charge in [0.25, 0.3) is 0 Å². The van der Waals surface area contributed by atoms with Crippen molar-refractivity contribution < 1.29 is 4.43 Å². The number of rotatable bonds is 4. The van der Waals surface area contributed by atoms with Gasteiger partial charge in [0.2, 0.25) is 0 Å². The highest BCUT2D eigenvalue weighted by Crippen LogP contribution is 2.21. The Morgan fingerprint density at radius 1 is 1.20 bits per heavy atom. The van der Waals surface area contributed by atoms with Crippen molar-refractivity contribution >= 4 is 31.5 Å². The Morgan fingerprint density at radius 2 is 1.87 bits per heavy atom. The second-order valence-electron chi connectivity index (χ2n) is 4.45. The topological polar surface area (TPSA) is 9.23 Å². The van der Waals surface area contributed by atoms with E-state index in [1.807, 2.05) is 12.1 Å². The lowest BCUT2D eigenvalue weighted by atomic mass is 10.2. The Kier molecular flexibility index (Phi) is 4.65. The minimum absolute atomic E-state index is 0.676.